The fourth-order valence-electron chi connectivity index (χ4n) is 2.61. The predicted molar refractivity (Wildman–Crippen MR) is 83.2 cm³/mol. The molecule has 108 valence electrons. The van der Waals surface area contributed by atoms with Gasteiger partial charge in [-0.2, -0.15) is 0 Å². The minimum absolute atomic E-state index is 0.177. The Balaban J connectivity index is 2.00. The smallest absolute Gasteiger partial charge is 0.159 e. The third-order valence-electron chi connectivity index (χ3n) is 3.57. The van der Waals surface area contributed by atoms with Gasteiger partial charge in [0.15, 0.2) is 5.65 Å². The molecule has 1 N–H and O–H groups in total. The van der Waals surface area contributed by atoms with Gasteiger partial charge in [-0.3, -0.25) is 0 Å². The molecule has 0 radical (unpaired) electrons. The molecule has 0 aliphatic carbocycles. The summed E-state index contributed by atoms with van der Waals surface area (Å²) in [7, 11) is 0. The van der Waals surface area contributed by atoms with Gasteiger partial charge in [-0.15, -0.1) is 0 Å². The molecule has 4 heteroatoms. The molecule has 0 saturated heterocycles. The largest absolute Gasteiger partial charge is 0.396 e. The molecule has 1 aromatic carbocycles. The summed E-state index contributed by atoms with van der Waals surface area (Å²) in [6, 6.07) is 12.4. The van der Waals surface area contributed by atoms with Crippen LogP contribution in [0.25, 0.3) is 11.2 Å². The van der Waals surface area contributed by atoms with Crippen molar-refractivity contribution < 1.29 is 5.11 Å². The lowest BCUT2D eigenvalue weighted by atomic mass is 10.1. The maximum absolute atomic E-state index is 9.10. The second-order valence-corrected chi connectivity index (χ2v) is 5.27. The van der Waals surface area contributed by atoms with Crippen LogP contribution in [0.2, 0.25) is 0 Å². The summed E-state index contributed by atoms with van der Waals surface area (Å²) in [5.74, 6) is 1.00. The number of imidazole rings is 1. The van der Waals surface area contributed by atoms with E-state index in [0.29, 0.717) is 6.42 Å². The van der Waals surface area contributed by atoms with E-state index in [1.165, 1.54) is 11.1 Å². The first-order valence-corrected chi connectivity index (χ1v) is 7.24. The van der Waals surface area contributed by atoms with Crippen LogP contribution in [0.3, 0.4) is 0 Å². The Morgan fingerprint density at radius 3 is 2.90 bits per heavy atom. The van der Waals surface area contributed by atoms with Crippen molar-refractivity contribution in [3.05, 3.63) is 59.5 Å². The molecule has 0 bridgehead atoms. The third-order valence-corrected chi connectivity index (χ3v) is 3.57. The topological polar surface area (TPSA) is 50.9 Å². The molecule has 2 heterocycles. The standard InChI is InChI=1S/C17H19N3O/c1-13-5-2-6-14(11-13)12-16-19-15-7-3-8-18-17(15)20(16)9-4-10-21/h2-3,5-8,11,21H,4,9-10,12H2,1H3. The highest BCUT2D eigenvalue weighted by Gasteiger charge is 2.11. The first-order valence-electron chi connectivity index (χ1n) is 7.24. The molecule has 2 aromatic heterocycles. The van der Waals surface area contributed by atoms with E-state index in [-0.39, 0.29) is 6.61 Å². The van der Waals surface area contributed by atoms with Gasteiger partial charge >= 0.3 is 0 Å². The van der Waals surface area contributed by atoms with E-state index < -0.39 is 0 Å². The van der Waals surface area contributed by atoms with E-state index in [4.69, 9.17) is 10.1 Å². The quantitative estimate of drug-likeness (QED) is 0.782. The molecule has 0 amide bonds. The van der Waals surface area contributed by atoms with Crippen molar-refractivity contribution in [2.45, 2.75) is 26.3 Å². The van der Waals surface area contributed by atoms with Gasteiger partial charge in [0.05, 0.1) is 0 Å². The Hall–Kier alpha value is -2.20. The summed E-state index contributed by atoms with van der Waals surface area (Å²) in [6.45, 7) is 3.02. The Kier molecular flexibility index (Phi) is 3.97. The minimum atomic E-state index is 0.177. The molecule has 0 spiro atoms. The van der Waals surface area contributed by atoms with Crippen molar-refractivity contribution >= 4 is 11.2 Å². The number of benzene rings is 1. The van der Waals surface area contributed by atoms with E-state index in [0.717, 1.165) is 30.0 Å². The fraction of sp³-hybridized carbons (Fsp3) is 0.294. The number of hydrogen-bond donors (Lipinski definition) is 1. The van der Waals surface area contributed by atoms with Crippen LogP contribution in [0.15, 0.2) is 42.6 Å². The van der Waals surface area contributed by atoms with Crippen molar-refractivity contribution in [3.8, 4) is 0 Å². The number of rotatable bonds is 5. The molecule has 0 unspecified atom stereocenters. The Morgan fingerprint density at radius 1 is 1.19 bits per heavy atom. The van der Waals surface area contributed by atoms with Gasteiger partial charge in [0, 0.05) is 25.8 Å². The zero-order valence-corrected chi connectivity index (χ0v) is 12.2. The lowest BCUT2D eigenvalue weighted by Gasteiger charge is -2.08. The molecule has 0 aliphatic heterocycles. The molecular weight excluding hydrogens is 262 g/mol. The number of aliphatic hydroxyl groups excluding tert-OH is 1. The van der Waals surface area contributed by atoms with Crippen LogP contribution in [-0.2, 0) is 13.0 Å². The van der Waals surface area contributed by atoms with Gasteiger partial charge in [-0.25, -0.2) is 9.97 Å². The molecule has 0 atom stereocenters. The molecule has 0 fully saturated rings. The number of hydrogen-bond acceptors (Lipinski definition) is 3. The first-order chi connectivity index (χ1) is 10.3. The van der Waals surface area contributed by atoms with Crippen molar-refractivity contribution in [2.24, 2.45) is 0 Å². The fourth-order valence-corrected chi connectivity index (χ4v) is 2.61. The van der Waals surface area contributed by atoms with Gasteiger partial charge in [-0.1, -0.05) is 29.8 Å². The van der Waals surface area contributed by atoms with E-state index in [1.54, 1.807) is 6.20 Å². The Morgan fingerprint density at radius 2 is 2.10 bits per heavy atom. The summed E-state index contributed by atoms with van der Waals surface area (Å²) in [5, 5.41) is 9.10. The molecule has 0 aliphatic rings. The summed E-state index contributed by atoms with van der Waals surface area (Å²) in [4.78, 5) is 9.14. The average molecular weight is 281 g/mol. The molecule has 21 heavy (non-hydrogen) atoms. The highest BCUT2D eigenvalue weighted by atomic mass is 16.3. The first kappa shape index (κ1) is 13.8. The van der Waals surface area contributed by atoms with Crippen molar-refractivity contribution in [1.82, 2.24) is 14.5 Å². The number of aliphatic hydroxyl groups is 1. The second kappa shape index (κ2) is 6.06. The van der Waals surface area contributed by atoms with E-state index >= 15 is 0 Å². The van der Waals surface area contributed by atoms with Crippen LogP contribution < -0.4 is 0 Å². The second-order valence-electron chi connectivity index (χ2n) is 5.27. The zero-order valence-electron chi connectivity index (χ0n) is 12.2. The average Bonchev–Trinajstić information content (AvgIpc) is 2.82. The lowest BCUT2D eigenvalue weighted by molar-refractivity contribution is 0.280. The molecule has 4 nitrogen and oxygen atoms in total. The zero-order chi connectivity index (χ0) is 14.7. The van der Waals surface area contributed by atoms with Crippen LogP contribution >= 0.6 is 0 Å². The van der Waals surface area contributed by atoms with Crippen molar-refractivity contribution in [3.63, 3.8) is 0 Å². The Labute approximate surface area is 124 Å². The molecule has 0 saturated carbocycles. The van der Waals surface area contributed by atoms with E-state index in [9.17, 15) is 0 Å². The number of nitrogens with zero attached hydrogens (tertiary/aromatic N) is 3. The summed E-state index contributed by atoms with van der Waals surface area (Å²) >= 11 is 0. The SMILES string of the molecule is Cc1cccc(Cc2nc3cccnc3n2CCCO)c1. The maximum Gasteiger partial charge on any atom is 0.159 e. The molecule has 3 rings (SSSR count). The number of aryl methyl sites for hydroxylation is 2. The summed E-state index contributed by atoms with van der Waals surface area (Å²) in [6.07, 6.45) is 3.28. The van der Waals surface area contributed by atoms with Crippen LogP contribution in [0.4, 0.5) is 0 Å². The van der Waals surface area contributed by atoms with Crippen LogP contribution in [0.5, 0.6) is 0 Å². The predicted octanol–water partition coefficient (Wildman–Crippen LogP) is 2.71. The monoisotopic (exact) mass is 281 g/mol. The van der Waals surface area contributed by atoms with Crippen LogP contribution in [0.1, 0.15) is 23.4 Å². The third kappa shape index (κ3) is 2.95. The van der Waals surface area contributed by atoms with Crippen LogP contribution in [-0.4, -0.2) is 26.2 Å². The summed E-state index contributed by atoms with van der Waals surface area (Å²) in [5.41, 5.74) is 4.31. The van der Waals surface area contributed by atoms with Crippen LogP contribution in [0, 0.1) is 6.92 Å². The molecule has 3 aromatic rings. The van der Waals surface area contributed by atoms with E-state index in [1.807, 2.05) is 12.1 Å². The normalized spacial score (nSPS) is 11.1. The van der Waals surface area contributed by atoms with Gasteiger partial charge in [0.25, 0.3) is 0 Å². The van der Waals surface area contributed by atoms with Gasteiger partial charge in [0.1, 0.15) is 11.3 Å². The van der Waals surface area contributed by atoms with Crippen molar-refractivity contribution in [2.75, 3.05) is 6.61 Å². The Bertz CT molecular complexity index is 749. The van der Waals surface area contributed by atoms with Gasteiger partial charge in [-0.05, 0) is 31.0 Å². The number of pyridine rings is 1. The number of aromatic nitrogens is 3. The van der Waals surface area contributed by atoms with Gasteiger partial charge < -0.3 is 9.67 Å². The highest BCUT2D eigenvalue weighted by molar-refractivity contribution is 5.71. The molecular formula is C17H19N3O. The van der Waals surface area contributed by atoms with Crippen molar-refractivity contribution in [1.29, 1.82) is 0 Å². The van der Waals surface area contributed by atoms with Gasteiger partial charge in [0.2, 0.25) is 0 Å². The minimum Gasteiger partial charge on any atom is -0.396 e. The maximum atomic E-state index is 9.10. The van der Waals surface area contributed by atoms with E-state index in [2.05, 4.69) is 40.7 Å². The highest BCUT2D eigenvalue weighted by Crippen LogP contribution is 2.17. The lowest BCUT2D eigenvalue weighted by Crippen LogP contribution is -2.07. The summed E-state index contributed by atoms with van der Waals surface area (Å²) < 4.78 is 2.12. The number of fused-ring (bicyclic) bond motifs is 1.